The van der Waals surface area contributed by atoms with Crippen molar-refractivity contribution in [3.63, 3.8) is 0 Å². The van der Waals surface area contributed by atoms with Crippen LogP contribution < -0.4 is 5.73 Å². The summed E-state index contributed by atoms with van der Waals surface area (Å²) in [6.45, 7) is 1.72. The zero-order valence-electron chi connectivity index (χ0n) is 17.6. The maximum Gasteiger partial charge on any atom is 0.417 e. The number of amides is 1. The van der Waals surface area contributed by atoms with E-state index < -0.39 is 29.1 Å². The fourth-order valence-electron chi connectivity index (χ4n) is 3.79. The van der Waals surface area contributed by atoms with Gasteiger partial charge in [0.25, 0.3) is 0 Å². The number of carbonyl (C=O) groups is 1. The van der Waals surface area contributed by atoms with Gasteiger partial charge in [-0.15, -0.1) is 11.3 Å². The van der Waals surface area contributed by atoms with Gasteiger partial charge >= 0.3 is 6.18 Å². The minimum atomic E-state index is -4.54. The van der Waals surface area contributed by atoms with Crippen LogP contribution in [-0.4, -0.2) is 28.8 Å². The number of nitrogens with two attached hydrogens (primary N) is 1. The minimum Gasteiger partial charge on any atom is -0.369 e. The number of guanidine groups is 1. The van der Waals surface area contributed by atoms with Gasteiger partial charge in [-0.2, -0.15) is 18.4 Å². The Kier molecular flexibility index (Phi) is 5.46. The first-order valence-corrected chi connectivity index (χ1v) is 10.6. The smallest absolute Gasteiger partial charge is 0.369 e. The molecule has 0 fully saturated rings. The number of nitriles is 1. The van der Waals surface area contributed by atoms with Crippen LogP contribution in [0.15, 0.2) is 59.7 Å². The lowest BCUT2D eigenvalue weighted by Gasteiger charge is -2.39. The van der Waals surface area contributed by atoms with Crippen molar-refractivity contribution in [3.8, 4) is 16.5 Å². The van der Waals surface area contributed by atoms with Gasteiger partial charge in [0.1, 0.15) is 11.5 Å². The molecule has 0 saturated carbocycles. The molecule has 33 heavy (non-hydrogen) atoms. The molecule has 2 atom stereocenters. The number of likely N-dealkylation sites (N-methyl/N-ethyl adjacent to an activating group) is 1. The van der Waals surface area contributed by atoms with Crippen LogP contribution in [0.25, 0.3) is 10.4 Å². The van der Waals surface area contributed by atoms with E-state index in [2.05, 4.69) is 16.0 Å². The van der Waals surface area contributed by atoms with Crippen LogP contribution in [0.1, 0.15) is 34.5 Å². The Morgan fingerprint density at radius 2 is 1.97 bits per heavy atom. The monoisotopic (exact) mass is 469 g/mol. The maximum absolute atomic E-state index is 13.2. The molecule has 1 aliphatic rings. The molecule has 3 heterocycles. The summed E-state index contributed by atoms with van der Waals surface area (Å²) in [6.07, 6.45) is -3.82. The molecule has 1 aromatic carbocycles. The molecule has 3 aromatic rings. The van der Waals surface area contributed by atoms with Crippen molar-refractivity contribution in [1.29, 1.82) is 5.26 Å². The van der Waals surface area contributed by atoms with E-state index in [4.69, 9.17) is 5.73 Å². The van der Waals surface area contributed by atoms with Crippen LogP contribution >= 0.6 is 11.3 Å². The molecular weight excluding hydrogens is 451 g/mol. The Morgan fingerprint density at radius 3 is 2.61 bits per heavy atom. The second-order valence-corrected chi connectivity index (χ2v) is 8.86. The Hall–Kier alpha value is -3.71. The topological polar surface area (TPSA) is 95.4 Å². The highest BCUT2D eigenvalue weighted by molar-refractivity contribution is 7.15. The molecule has 0 aliphatic carbocycles. The molecular formula is C23H18F3N5OS. The highest BCUT2D eigenvalue weighted by Crippen LogP contribution is 2.47. The number of nitrogens with zero attached hydrogens (tertiary/aromatic N) is 4. The van der Waals surface area contributed by atoms with Gasteiger partial charge in [0.05, 0.1) is 22.9 Å². The van der Waals surface area contributed by atoms with Gasteiger partial charge in [-0.1, -0.05) is 12.1 Å². The summed E-state index contributed by atoms with van der Waals surface area (Å²) in [5.41, 5.74) is 5.44. The van der Waals surface area contributed by atoms with E-state index in [-0.39, 0.29) is 11.7 Å². The summed E-state index contributed by atoms with van der Waals surface area (Å²) in [6, 6.07) is 15.0. The zero-order chi connectivity index (χ0) is 24.0. The van der Waals surface area contributed by atoms with E-state index in [1.54, 1.807) is 25.1 Å². The second kappa shape index (κ2) is 8.01. The summed E-state index contributed by atoms with van der Waals surface area (Å²) in [7, 11) is 1.46. The lowest BCUT2D eigenvalue weighted by atomic mass is 9.80. The van der Waals surface area contributed by atoms with Crippen LogP contribution in [0.3, 0.4) is 0 Å². The van der Waals surface area contributed by atoms with Gasteiger partial charge < -0.3 is 5.73 Å². The summed E-state index contributed by atoms with van der Waals surface area (Å²) < 4.78 is 39.0. The van der Waals surface area contributed by atoms with E-state index in [0.29, 0.717) is 10.4 Å². The van der Waals surface area contributed by atoms with Crippen LogP contribution in [0, 0.1) is 11.3 Å². The Morgan fingerprint density at radius 1 is 1.21 bits per heavy atom. The fraction of sp³-hybridized carbons (Fsp3) is 0.217. The van der Waals surface area contributed by atoms with Gasteiger partial charge in [-0.3, -0.25) is 14.7 Å². The van der Waals surface area contributed by atoms with Crippen molar-refractivity contribution in [1.82, 2.24) is 9.88 Å². The summed E-state index contributed by atoms with van der Waals surface area (Å²) in [4.78, 5) is 24.5. The van der Waals surface area contributed by atoms with E-state index in [1.807, 2.05) is 18.2 Å². The average Bonchev–Trinajstić information content (AvgIpc) is 3.29. The fourth-order valence-corrected chi connectivity index (χ4v) is 4.91. The molecule has 1 amide bonds. The lowest BCUT2D eigenvalue weighted by molar-refractivity contribution is -0.137. The van der Waals surface area contributed by atoms with Crippen molar-refractivity contribution in [2.75, 3.05) is 7.05 Å². The van der Waals surface area contributed by atoms with Crippen LogP contribution in [0.4, 0.5) is 13.2 Å². The molecule has 1 aliphatic heterocycles. The van der Waals surface area contributed by atoms with Crippen molar-refractivity contribution in [2.24, 2.45) is 10.7 Å². The van der Waals surface area contributed by atoms with Crippen LogP contribution in [-0.2, 0) is 16.5 Å². The number of alkyl halides is 3. The predicted molar refractivity (Wildman–Crippen MR) is 118 cm³/mol. The molecule has 0 radical (unpaired) electrons. The first-order chi connectivity index (χ1) is 15.5. The lowest BCUT2D eigenvalue weighted by Crippen LogP contribution is -2.52. The molecule has 1 unspecified atom stereocenters. The number of aliphatic imine (C=N–C) groups is 1. The Labute approximate surface area is 191 Å². The standard InChI is InChI=1S/C23H18F3N5OS/c1-22(18-9-8-17(33-18)14-5-3-4-13(10-14)11-27)19(20(32)31(2)21(28)30-22)16-7-6-15(12-29-16)23(24,25)26/h3-10,12,19H,1-2H3,(H2,28,30)/t19?,22-/m1/s1. The van der Waals surface area contributed by atoms with Crippen molar-refractivity contribution in [3.05, 3.63) is 76.4 Å². The molecule has 0 saturated heterocycles. The van der Waals surface area contributed by atoms with Crippen molar-refractivity contribution < 1.29 is 18.0 Å². The number of aromatic nitrogens is 1. The van der Waals surface area contributed by atoms with Gasteiger partial charge in [-0.25, -0.2) is 4.99 Å². The highest BCUT2D eigenvalue weighted by atomic mass is 32.1. The first kappa shape index (κ1) is 22.5. The number of halogens is 3. The quantitative estimate of drug-likeness (QED) is 0.612. The third-order valence-corrected chi connectivity index (χ3v) is 6.98. The largest absolute Gasteiger partial charge is 0.417 e. The second-order valence-electron chi connectivity index (χ2n) is 7.77. The van der Waals surface area contributed by atoms with Gasteiger partial charge in [0.2, 0.25) is 5.91 Å². The molecule has 168 valence electrons. The SMILES string of the molecule is CN1C(=O)C(c2ccc(C(F)(F)F)cn2)[C@@](C)(c2ccc(-c3cccc(C#N)c3)s2)N=C1N. The average molecular weight is 469 g/mol. The Bertz CT molecular complexity index is 1290. The molecule has 2 aromatic heterocycles. The summed E-state index contributed by atoms with van der Waals surface area (Å²) in [5, 5.41) is 9.18. The van der Waals surface area contributed by atoms with E-state index in [9.17, 15) is 23.2 Å². The number of thiophene rings is 1. The molecule has 6 nitrogen and oxygen atoms in total. The van der Waals surface area contributed by atoms with Crippen LogP contribution in [0.5, 0.6) is 0 Å². The Balaban J connectivity index is 1.81. The molecule has 0 bridgehead atoms. The number of hydrogen-bond acceptors (Lipinski definition) is 6. The number of carbonyl (C=O) groups excluding carboxylic acids is 1. The molecule has 0 spiro atoms. The highest BCUT2D eigenvalue weighted by Gasteiger charge is 2.49. The van der Waals surface area contributed by atoms with Crippen molar-refractivity contribution in [2.45, 2.75) is 24.6 Å². The normalized spacial score (nSPS) is 21.0. The summed E-state index contributed by atoms with van der Waals surface area (Å²) in [5.74, 6) is -1.39. The maximum atomic E-state index is 13.2. The zero-order valence-corrected chi connectivity index (χ0v) is 18.4. The first-order valence-electron chi connectivity index (χ1n) is 9.81. The minimum absolute atomic E-state index is 0.00656. The number of rotatable bonds is 3. The molecule has 10 heteroatoms. The van der Waals surface area contributed by atoms with Crippen molar-refractivity contribution >= 4 is 23.2 Å². The number of benzene rings is 1. The molecule has 4 rings (SSSR count). The third kappa shape index (κ3) is 3.96. The van der Waals surface area contributed by atoms with Gasteiger partial charge in [0, 0.05) is 23.0 Å². The number of hydrogen-bond donors (Lipinski definition) is 1. The third-order valence-electron chi connectivity index (χ3n) is 5.62. The van der Waals surface area contributed by atoms with Crippen LogP contribution in [0.2, 0.25) is 0 Å². The predicted octanol–water partition coefficient (Wildman–Crippen LogP) is 4.49. The summed E-state index contributed by atoms with van der Waals surface area (Å²) >= 11 is 1.37. The van der Waals surface area contributed by atoms with Gasteiger partial charge in [-0.05, 0) is 48.9 Å². The van der Waals surface area contributed by atoms with Gasteiger partial charge in [0.15, 0.2) is 5.96 Å². The number of pyridine rings is 1. The van der Waals surface area contributed by atoms with E-state index in [0.717, 1.165) is 22.7 Å². The van der Waals surface area contributed by atoms with E-state index in [1.165, 1.54) is 29.4 Å². The van der Waals surface area contributed by atoms with E-state index >= 15 is 0 Å². The molecule has 2 N–H and O–H groups in total.